The first kappa shape index (κ1) is 22.6. The molecule has 0 unspecified atom stereocenters. The maximum atomic E-state index is 13.8. The smallest absolute Gasteiger partial charge is 0.177 e. The van der Waals surface area contributed by atoms with Gasteiger partial charge in [0.1, 0.15) is 11.5 Å². The first-order valence-electron chi connectivity index (χ1n) is 11.1. The monoisotopic (exact) mass is 488 g/mol. The number of ketones is 2. The van der Waals surface area contributed by atoms with Gasteiger partial charge in [0, 0.05) is 23.7 Å². The number of hydrogen-bond donors (Lipinski definition) is 0. The van der Waals surface area contributed by atoms with Crippen LogP contribution < -0.4 is 9.47 Å². The second-order valence-electron chi connectivity index (χ2n) is 8.33. The van der Waals surface area contributed by atoms with E-state index in [1.54, 1.807) is 14.2 Å². The molecule has 4 nitrogen and oxygen atoms in total. The van der Waals surface area contributed by atoms with E-state index in [4.69, 9.17) is 9.47 Å². The van der Waals surface area contributed by atoms with Crippen molar-refractivity contribution in [3.63, 3.8) is 0 Å². The Morgan fingerprint density at radius 1 is 0.618 bits per heavy atom. The fourth-order valence-corrected chi connectivity index (χ4v) is 6.47. The van der Waals surface area contributed by atoms with Crippen LogP contribution in [0, 0.1) is 11.8 Å². The molecule has 172 valence electrons. The zero-order valence-corrected chi connectivity index (χ0v) is 20.5. The highest BCUT2D eigenvalue weighted by Crippen LogP contribution is 2.60. The summed E-state index contributed by atoms with van der Waals surface area (Å²) in [6, 6.07) is 23.2. The largest absolute Gasteiger partial charge is 0.497 e. The van der Waals surface area contributed by atoms with Crippen LogP contribution >= 0.6 is 22.7 Å². The van der Waals surface area contributed by atoms with Gasteiger partial charge in [0.2, 0.25) is 0 Å². The molecule has 4 aromatic rings. The van der Waals surface area contributed by atoms with Gasteiger partial charge in [-0.1, -0.05) is 36.4 Å². The highest BCUT2D eigenvalue weighted by Gasteiger charge is 2.58. The normalized spacial score (nSPS) is 21.5. The molecule has 0 spiro atoms. The van der Waals surface area contributed by atoms with Crippen molar-refractivity contribution in [2.45, 2.75) is 11.8 Å². The molecule has 1 aliphatic carbocycles. The molecule has 34 heavy (non-hydrogen) atoms. The quantitative estimate of drug-likeness (QED) is 0.259. The van der Waals surface area contributed by atoms with Crippen LogP contribution in [0.25, 0.3) is 0 Å². The lowest BCUT2D eigenvalue weighted by atomic mass is 9.50. The average Bonchev–Trinajstić information content (AvgIpc) is 3.59. The van der Waals surface area contributed by atoms with E-state index in [1.165, 1.54) is 22.7 Å². The van der Waals surface area contributed by atoms with Gasteiger partial charge in [0.25, 0.3) is 0 Å². The van der Waals surface area contributed by atoms with Crippen LogP contribution in [0.2, 0.25) is 0 Å². The van der Waals surface area contributed by atoms with Gasteiger partial charge in [0.05, 0.1) is 24.0 Å². The van der Waals surface area contributed by atoms with Crippen molar-refractivity contribution in [2.24, 2.45) is 11.8 Å². The summed E-state index contributed by atoms with van der Waals surface area (Å²) in [6.45, 7) is 0. The minimum Gasteiger partial charge on any atom is -0.497 e. The Labute approximate surface area is 206 Å². The molecule has 0 saturated heterocycles. The topological polar surface area (TPSA) is 52.6 Å². The molecule has 0 radical (unpaired) electrons. The molecule has 0 amide bonds. The van der Waals surface area contributed by atoms with Crippen molar-refractivity contribution >= 4 is 34.2 Å². The van der Waals surface area contributed by atoms with Crippen LogP contribution in [0.4, 0.5) is 0 Å². The second-order valence-corrected chi connectivity index (χ2v) is 10.2. The molecule has 1 aliphatic rings. The van der Waals surface area contributed by atoms with Gasteiger partial charge >= 0.3 is 0 Å². The highest BCUT2D eigenvalue weighted by atomic mass is 32.1. The number of Topliss-reactive ketones (excluding diaryl/α,β-unsaturated/α-hetero) is 2. The first-order valence-corrected chi connectivity index (χ1v) is 12.8. The average molecular weight is 489 g/mol. The minimum atomic E-state index is -0.436. The molecule has 0 N–H and O–H groups in total. The third-order valence-corrected chi connectivity index (χ3v) is 8.45. The third-order valence-electron chi connectivity index (χ3n) is 6.68. The summed E-state index contributed by atoms with van der Waals surface area (Å²) in [4.78, 5) is 28.9. The number of thiophene rings is 2. The van der Waals surface area contributed by atoms with Crippen molar-refractivity contribution < 1.29 is 19.1 Å². The molecular formula is C28H24O4S2. The summed E-state index contributed by atoms with van der Waals surface area (Å²) < 4.78 is 10.7. The van der Waals surface area contributed by atoms with Gasteiger partial charge in [-0.2, -0.15) is 0 Å². The van der Waals surface area contributed by atoms with Crippen molar-refractivity contribution in [1.82, 2.24) is 0 Å². The van der Waals surface area contributed by atoms with Gasteiger partial charge in [-0.25, -0.2) is 0 Å². The lowest BCUT2D eigenvalue weighted by molar-refractivity contribution is 0.0461. The molecular weight excluding hydrogens is 464 g/mol. The molecule has 2 aromatic heterocycles. The fraction of sp³-hybridized carbons (Fsp3) is 0.214. The number of benzene rings is 2. The molecule has 6 heteroatoms. The Balaban J connectivity index is 1.62. The van der Waals surface area contributed by atoms with Crippen LogP contribution in [0.5, 0.6) is 11.5 Å². The summed E-state index contributed by atoms with van der Waals surface area (Å²) in [5, 5.41) is 3.82. The van der Waals surface area contributed by atoms with Crippen LogP contribution in [-0.2, 0) is 0 Å². The minimum absolute atomic E-state index is 0.0375. The molecule has 4 atom stereocenters. The van der Waals surface area contributed by atoms with E-state index in [9.17, 15) is 9.59 Å². The van der Waals surface area contributed by atoms with Crippen molar-refractivity contribution in [3.05, 3.63) is 104 Å². The number of methoxy groups -OCH3 is 2. The molecule has 1 fully saturated rings. The summed E-state index contributed by atoms with van der Waals surface area (Å²) >= 11 is 2.86. The summed E-state index contributed by atoms with van der Waals surface area (Å²) in [6.07, 6.45) is 0. The maximum Gasteiger partial charge on any atom is 0.177 e. The van der Waals surface area contributed by atoms with E-state index in [0.717, 1.165) is 22.6 Å². The Hall–Kier alpha value is -3.22. The van der Waals surface area contributed by atoms with Crippen molar-refractivity contribution in [2.75, 3.05) is 14.2 Å². The van der Waals surface area contributed by atoms with E-state index in [2.05, 4.69) is 0 Å². The fourth-order valence-electron chi connectivity index (χ4n) is 5.05. The lowest BCUT2D eigenvalue weighted by Gasteiger charge is -2.51. The third kappa shape index (κ3) is 3.97. The molecule has 5 rings (SSSR count). The zero-order valence-electron chi connectivity index (χ0n) is 18.8. The van der Waals surface area contributed by atoms with E-state index in [0.29, 0.717) is 9.75 Å². The second kappa shape index (κ2) is 9.57. The Morgan fingerprint density at radius 3 is 1.29 bits per heavy atom. The number of ether oxygens (including phenoxy) is 2. The van der Waals surface area contributed by atoms with Gasteiger partial charge in [-0.15, -0.1) is 22.7 Å². The van der Waals surface area contributed by atoms with Crippen LogP contribution in [0.1, 0.15) is 42.3 Å². The molecule has 2 heterocycles. The van der Waals surface area contributed by atoms with E-state index in [-0.39, 0.29) is 23.4 Å². The Kier molecular flexibility index (Phi) is 6.35. The van der Waals surface area contributed by atoms with E-state index in [1.807, 2.05) is 83.6 Å². The maximum absolute atomic E-state index is 13.8. The molecule has 1 saturated carbocycles. The number of hydrogen-bond acceptors (Lipinski definition) is 6. The van der Waals surface area contributed by atoms with Gasteiger partial charge in [0.15, 0.2) is 11.6 Å². The van der Waals surface area contributed by atoms with Gasteiger partial charge in [-0.3, -0.25) is 9.59 Å². The number of carbonyl (C=O) groups excluding carboxylic acids is 2. The van der Waals surface area contributed by atoms with Crippen LogP contribution in [-0.4, -0.2) is 25.8 Å². The molecule has 2 aromatic carbocycles. The van der Waals surface area contributed by atoms with Crippen LogP contribution in [0.15, 0.2) is 83.6 Å². The van der Waals surface area contributed by atoms with Crippen molar-refractivity contribution in [1.29, 1.82) is 0 Å². The predicted molar refractivity (Wildman–Crippen MR) is 136 cm³/mol. The lowest BCUT2D eigenvalue weighted by Crippen LogP contribution is -2.51. The number of carbonyl (C=O) groups is 2. The Morgan fingerprint density at radius 2 is 1.00 bits per heavy atom. The highest BCUT2D eigenvalue weighted by molar-refractivity contribution is 7.12. The molecule has 0 bridgehead atoms. The first-order chi connectivity index (χ1) is 16.6. The standard InChI is InChI=1S/C28H24O4S2/c1-31-19-11-7-17(8-12-19)23-24(18-9-13-20(32-2)14-10-18)26(28(30)22-6-4-16-34-22)25(23)27(29)21-5-3-15-33-21/h3-16,23-26H,1-2H3/t23-,24-,25+,26+/m0/s1. The molecule has 0 aliphatic heterocycles. The summed E-state index contributed by atoms with van der Waals surface area (Å²) in [7, 11) is 3.27. The predicted octanol–water partition coefficient (Wildman–Crippen LogP) is 6.71. The zero-order chi connectivity index (χ0) is 23.7. The SMILES string of the molecule is COc1ccc([C@@H]2[C@@H](C(=O)c3cccs3)[C@H](C(=O)c3cccs3)[C@H]2c2ccc(OC)cc2)cc1. The van der Waals surface area contributed by atoms with Gasteiger partial charge in [-0.05, 0) is 58.3 Å². The van der Waals surface area contributed by atoms with Crippen molar-refractivity contribution in [3.8, 4) is 11.5 Å². The number of rotatable bonds is 8. The summed E-state index contributed by atoms with van der Waals surface area (Å²) in [5.41, 5.74) is 2.07. The van der Waals surface area contributed by atoms with Gasteiger partial charge < -0.3 is 9.47 Å². The van der Waals surface area contributed by atoms with Crippen LogP contribution in [0.3, 0.4) is 0 Å². The van der Waals surface area contributed by atoms with E-state index < -0.39 is 11.8 Å². The van der Waals surface area contributed by atoms with E-state index >= 15 is 0 Å². The Bertz CT molecular complexity index is 1160. The summed E-state index contributed by atoms with van der Waals surface area (Å²) in [5.74, 6) is 0.479.